The van der Waals surface area contributed by atoms with Gasteiger partial charge in [-0.3, -0.25) is 24.1 Å². The lowest BCUT2D eigenvalue weighted by molar-refractivity contribution is -0.130. The number of pyridine rings is 1. The van der Waals surface area contributed by atoms with E-state index in [9.17, 15) is 13.9 Å². The Morgan fingerprint density at radius 3 is 2.69 bits per heavy atom. The number of carbonyl (C=O) groups excluding carboxylic acids is 1. The summed E-state index contributed by atoms with van der Waals surface area (Å²) < 4.78 is 26.4. The van der Waals surface area contributed by atoms with Gasteiger partial charge in [-0.25, -0.2) is 5.48 Å². The van der Waals surface area contributed by atoms with Crippen molar-refractivity contribution in [1.29, 1.82) is 0 Å². The SMILES string of the molecule is Cc1cc(COc2ccc(C3(CC(=O)NO)CNCCS3(O)O)cc2)c2ccccc2n1. The smallest absolute Gasteiger partial charge is 0.245 e. The zero-order valence-corrected chi connectivity index (χ0v) is 18.6. The molecule has 32 heavy (non-hydrogen) atoms. The summed E-state index contributed by atoms with van der Waals surface area (Å²) in [4.78, 5) is 16.5. The monoisotopic (exact) mass is 457 g/mol. The maximum atomic E-state index is 12.0. The Bertz CT molecular complexity index is 1120. The van der Waals surface area contributed by atoms with Crippen molar-refractivity contribution in [1.82, 2.24) is 15.8 Å². The highest BCUT2D eigenvalue weighted by Crippen LogP contribution is 2.61. The van der Waals surface area contributed by atoms with Crippen LogP contribution in [-0.4, -0.2) is 44.0 Å². The molecule has 1 aliphatic heterocycles. The number of rotatable bonds is 6. The van der Waals surface area contributed by atoms with Crippen molar-refractivity contribution in [3.8, 4) is 5.75 Å². The zero-order valence-electron chi connectivity index (χ0n) is 17.7. The maximum Gasteiger partial charge on any atom is 0.245 e. The summed E-state index contributed by atoms with van der Waals surface area (Å²) in [7, 11) is -3.12. The average Bonchev–Trinajstić information content (AvgIpc) is 2.79. The van der Waals surface area contributed by atoms with Gasteiger partial charge in [0.15, 0.2) is 0 Å². The third-order valence-corrected chi connectivity index (χ3v) is 8.42. The first kappa shape index (κ1) is 22.5. The van der Waals surface area contributed by atoms with E-state index in [1.165, 1.54) is 0 Å². The lowest BCUT2D eigenvalue weighted by Crippen LogP contribution is -2.51. The van der Waals surface area contributed by atoms with Crippen LogP contribution in [0, 0.1) is 6.92 Å². The summed E-state index contributed by atoms with van der Waals surface area (Å²) in [6, 6.07) is 16.9. The largest absolute Gasteiger partial charge is 0.489 e. The average molecular weight is 458 g/mol. The second kappa shape index (κ2) is 9.05. The summed E-state index contributed by atoms with van der Waals surface area (Å²) in [5.41, 5.74) is 5.07. The molecule has 1 fully saturated rings. The molecule has 1 atom stereocenters. The molecule has 170 valence electrons. The molecule has 9 heteroatoms. The van der Waals surface area contributed by atoms with Gasteiger partial charge in [0.25, 0.3) is 0 Å². The van der Waals surface area contributed by atoms with Crippen molar-refractivity contribution in [2.24, 2.45) is 0 Å². The molecule has 1 saturated heterocycles. The van der Waals surface area contributed by atoms with E-state index >= 15 is 0 Å². The Kier molecular flexibility index (Phi) is 6.36. The fourth-order valence-corrected chi connectivity index (χ4v) is 6.24. The summed E-state index contributed by atoms with van der Waals surface area (Å²) in [6.45, 7) is 2.97. The zero-order chi connectivity index (χ0) is 22.8. The van der Waals surface area contributed by atoms with Gasteiger partial charge in [-0.15, -0.1) is 0 Å². The van der Waals surface area contributed by atoms with E-state index < -0.39 is 21.2 Å². The number of hydrogen-bond acceptors (Lipinski definition) is 7. The highest BCUT2D eigenvalue weighted by molar-refractivity contribution is 8.25. The second-order valence-electron chi connectivity index (χ2n) is 8.01. The molecule has 8 nitrogen and oxygen atoms in total. The molecular weight excluding hydrogens is 430 g/mol. The third kappa shape index (κ3) is 4.30. The van der Waals surface area contributed by atoms with Gasteiger partial charge in [0.05, 0.1) is 17.7 Å². The van der Waals surface area contributed by atoms with Crippen LogP contribution in [0.15, 0.2) is 54.6 Å². The van der Waals surface area contributed by atoms with Crippen LogP contribution >= 0.6 is 10.6 Å². The van der Waals surface area contributed by atoms with Crippen molar-refractivity contribution in [3.63, 3.8) is 0 Å². The number of nitrogens with zero attached hydrogens (tertiary/aromatic N) is 1. The third-order valence-electron chi connectivity index (χ3n) is 5.88. The number of aromatic nitrogens is 1. The Balaban J connectivity index is 1.58. The number of ether oxygens (including phenoxy) is 1. The predicted octanol–water partition coefficient (Wildman–Crippen LogP) is 3.57. The maximum absolute atomic E-state index is 12.0. The van der Waals surface area contributed by atoms with Gasteiger partial charge in [0.2, 0.25) is 5.91 Å². The lowest BCUT2D eigenvalue weighted by atomic mass is 9.93. The second-order valence-corrected chi connectivity index (χ2v) is 10.5. The van der Waals surface area contributed by atoms with E-state index in [1.54, 1.807) is 29.7 Å². The highest BCUT2D eigenvalue weighted by atomic mass is 32.3. The standard InChI is InChI=1S/C23H27N3O5S/c1-16-12-17(20-4-2-3-5-21(20)25-16)14-31-19-8-6-18(7-9-19)23(13-22(27)26-28)15-24-10-11-32(23,29)30/h2-9,12,24,28-30H,10-11,13-15H2,1H3,(H,26,27). The molecule has 1 aliphatic rings. The van der Waals surface area contributed by atoms with Crippen molar-refractivity contribution >= 4 is 27.4 Å². The minimum Gasteiger partial charge on any atom is -0.489 e. The van der Waals surface area contributed by atoms with E-state index in [-0.39, 0.29) is 18.7 Å². The highest BCUT2D eigenvalue weighted by Gasteiger charge is 2.48. The fraction of sp³-hybridized carbons (Fsp3) is 0.304. The number of hydrogen-bond donors (Lipinski definition) is 5. The molecule has 3 aromatic rings. The molecule has 0 saturated carbocycles. The molecule has 1 aromatic heterocycles. The van der Waals surface area contributed by atoms with E-state index in [0.29, 0.717) is 24.5 Å². The number of amides is 1. The number of aryl methyl sites for hydroxylation is 1. The van der Waals surface area contributed by atoms with Gasteiger partial charge < -0.3 is 10.1 Å². The van der Waals surface area contributed by atoms with Gasteiger partial charge in [0, 0.05) is 29.7 Å². The number of carbonyl (C=O) groups is 1. The molecule has 2 aromatic carbocycles. The quantitative estimate of drug-likeness (QED) is 0.283. The number of para-hydroxylation sites is 1. The van der Waals surface area contributed by atoms with Crippen LogP contribution < -0.4 is 15.5 Å². The van der Waals surface area contributed by atoms with Crippen LogP contribution in [-0.2, 0) is 16.1 Å². The van der Waals surface area contributed by atoms with Crippen molar-refractivity contribution in [2.45, 2.75) is 24.7 Å². The molecule has 2 heterocycles. The van der Waals surface area contributed by atoms with Crippen molar-refractivity contribution in [3.05, 3.63) is 71.4 Å². The summed E-state index contributed by atoms with van der Waals surface area (Å²) in [5, 5.41) is 13.2. The van der Waals surface area contributed by atoms with Crippen LogP contribution in [0.4, 0.5) is 0 Å². The molecule has 1 amide bonds. The topological polar surface area (TPSA) is 124 Å². The number of nitrogens with one attached hydrogen (secondary N) is 2. The Hall–Kier alpha value is -2.69. The van der Waals surface area contributed by atoms with Crippen LogP contribution in [0.5, 0.6) is 5.75 Å². The van der Waals surface area contributed by atoms with Gasteiger partial charge in [-0.1, -0.05) is 30.3 Å². The van der Waals surface area contributed by atoms with E-state index in [0.717, 1.165) is 22.2 Å². The molecule has 4 rings (SSSR count). The van der Waals surface area contributed by atoms with Crippen molar-refractivity contribution < 1.29 is 23.8 Å². The van der Waals surface area contributed by atoms with Crippen molar-refractivity contribution in [2.75, 3.05) is 18.8 Å². The van der Waals surface area contributed by atoms with E-state index in [2.05, 4.69) is 10.3 Å². The molecular formula is C23H27N3O5S. The van der Waals surface area contributed by atoms with E-state index in [4.69, 9.17) is 9.94 Å². The Morgan fingerprint density at radius 1 is 1.22 bits per heavy atom. The van der Waals surface area contributed by atoms with Gasteiger partial charge in [-0.05, 0) is 36.8 Å². The number of benzene rings is 2. The van der Waals surface area contributed by atoms with Crippen LogP contribution in [0.2, 0.25) is 0 Å². The number of fused-ring (bicyclic) bond motifs is 1. The van der Waals surface area contributed by atoms with Gasteiger partial charge >= 0.3 is 0 Å². The molecule has 0 bridgehead atoms. The Labute approximate surface area is 187 Å². The fourth-order valence-electron chi connectivity index (χ4n) is 4.22. The van der Waals surface area contributed by atoms with Crippen LogP contribution in [0.1, 0.15) is 23.2 Å². The van der Waals surface area contributed by atoms with Crippen LogP contribution in [0.25, 0.3) is 10.9 Å². The minimum absolute atomic E-state index is 0.137. The summed E-state index contributed by atoms with van der Waals surface area (Å²) in [5.74, 6) is 0.0848. The molecule has 0 aliphatic carbocycles. The molecule has 0 radical (unpaired) electrons. The first-order valence-electron chi connectivity index (χ1n) is 10.3. The first-order chi connectivity index (χ1) is 15.3. The molecule has 5 N–H and O–H groups in total. The molecule has 1 unspecified atom stereocenters. The number of hydroxylamine groups is 1. The Morgan fingerprint density at radius 2 is 1.97 bits per heavy atom. The predicted molar refractivity (Wildman–Crippen MR) is 124 cm³/mol. The van der Waals surface area contributed by atoms with Gasteiger partial charge in [0.1, 0.15) is 17.1 Å². The minimum atomic E-state index is -3.12. The van der Waals surface area contributed by atoms with Crippen LogP contribution in [0.3, 0.4) is 0 Å². The molecule has 0 spiro atoms. The summed E-state index contributed by atoms with van der Waals surface area (Å²) >= 11 is 0. The van der Waals surface area contributed by atoms with E-state index in [1.807, 2.05) is 37.3 Å². The lowest BCUT2D eigenvalue weighted by Gasteiger charge is -2.53. The normalized spacial score (nSPS) is 21.1. The van der Waals surface area contributed by atoms with Gasteiger partial charge in [-0.2, -0.15) is 10.6 Å². The first-order valence-corrected chi connectivity index (χ1v) is 12.0. The summed E-state index contributed by atoms with van der Waals surface area (Å²) in [6.07, 6.45) is -0.249.